The zero-order chi connectivity index (χ0) is 16.3. The second kappa shape index (κ2) is 6.64. The quantitative estimate of drug-likeness (QED) is 0.795. The van der Waals surface area contributed by atoms with Gasteiger partial charge >= 0.3 is 0 Å². The van der Waals surface area contributed by atoms with E-state index in [1.807, 2.05) is 0 Å². The number of aryl methyl sites for hydroxylation is 1. The van der Waals surface area contributed by atoms with Crippen LogP contribution < -0.4 is 14.2 Å². The van der Waals surface area contributed by atoms with Crippen molar-refractivity contribution in [1.82, 2.24) is 4.72 Å². The molecule has 6 nitrogen and oxygen atoms in total. The minimum Gasteiger partial charge on any atom is -0.493 e. The zero-order valence-electron chi connectivity index (χ0n) is 13.1. The molecular formula is C14H23NO5S. The van der Waals surface area contributed by atoms with E-state index in [2.05, 4.69) is 4.72 Å². The van der Waals surface area contributed by atoms with Crippen LogP contribution in [0.25, 0.3) is 0 Å². The van der Waals surface area contributed by atoms with Crippen molar-refractivity contribution in [3.8, 4) is 11.5 Å². The SMILES string of the molecule is CCC(C)(CO)NS(=O)(=O)c1cc(OC)c(OC)cc1C. The molecule has 7 heteroatoms. The Morgan fingerprint density at radius 1 is 1.24 bits per heavy atom. The third kappa shape index (κ3) is 3.87. The van der Waals surface area contributed by atoms with Crippen molar-refractivity contribution in [1.29, 1.82) is 0 Å². The molecule has 0 bridgehead atoms. The van der Waals surface area contributed by atoms with E-state index in [1.54, 1.807) is 26.8 Å². The lowest BCUT2D eigenvalue weighted by atomic mass is 10.0. The second-order valence-corrected chi connectivity index (χ2v) is 6.80. The van der Waals surface area contributed by atoms with Crippen LogP contribution in [0.1, 0.15) is 25.8 Å². The van der Waals surface area contributed by atoms with Crippen LogP contribution in [0.3, 0.4) is 0 Å². The van der Waals surface area contributed by atoms with E-state index in [0.29, 0.717) is 23.5 Å². The van der Waals surface area contributed by atoms with Crippen molar-refractivity contribution in [2.24, 2.45) is 0 Å². The van der Waals surface area contributed by atoms with Crippen LogP contribution in [0.5, 0.6) is 11.5 Å². The van der Waals surface area contributed by atoms with Crippen LogP contribution in [-0.2, 0) is 10.0 Å². The smallest absolute Gasteiger partial charge is 0.241 e. The van der Waals surface area contributed by atoms with Crippen LogP contribution in [-0.4, -0.2) is 39.9 Å². The Balaban J connectivity index is 3.32. The summed E-state index contributed by atoms with van der Waals surface area (Å²) in [5.74, 6) is 0.806. The number of benzene rings is 1. The molecule has 0 radical (unpaired) electrons. The van der Waals surface area contributed by atoms with Gasteiger partial charge in [-0.3, -0.25) is 0 Å². The summed E-state index contributed by atoms with van der Waals surface area (Å²) in [4.78, 5) is 0.105. The van der Waals surface area contributed by atoms with Gasteiger partial charge < -0.3 is 14.6 Å². The molecule has 120 valence electrons. The minimum absolute atomic E-state index is 0.105. The highest BCUT2D eigenvalue weighted by Crippen LogP contribution is 2.32. The molecule has 0 aromatic heterocycles. The van der Waals surface area contributed by atoms with Gasteiger partial charge in [0, 0.05) is 6.07 Å². The Morgan fingerprint density at radius 3 is 2.19 bits per heavy atom. The van der Waals surface area contributed by atoms with Crippen LogP contribution in [0.4, 0.5) is 0 Å². The van der Waals surface area contributed by atoms with Crippen molar-refractivity contribution >= 4 is 10.0 Å². The Labute approximate surface area is 126 Å². The summed E-state index contributed by atoms with van der Waals surface area (Å²) in [6, 6.07) is 3.03. The fourth-order valence-electron chi connectivity index (χ4n) is 1.85. The minimum atomic E-state index is -3.78. The van der Waals surface area contributed by atoms with Crippen LogP contribution in [0.15, 0.2) is 17.0 Å². The van der Waals surface area contributed by atoms with Gasteiger partial charge in [0.05, 0.1) is 31.3 Å². The Morgan fingerprint density at radius 2 is 1.76 bits per heavy atom. The van der Waals surface area contributed by atoms with Gasteiger partial charge in [0.15, 0.2) is 11.5 Å². The number of nitrogens with one attached hydrogen (secondary N) is 1. The Hall–Kier alpha value is -1.31. The third-order valence-corrected chi connectivity index (χ3v) is 5.26. The lowest BCUT2D eigenvalue weighted by Crippen LogP contribution is -2.48. The summed E-state index contributed by atoms with van der Waals surface area (Å²) in [6.45, 7) is 4.86. The van der Waals surface area contributed by atoms with Gasteiger partial charge in [0.2, 0.25) is 10.0 Å². The first kappa shape index (κ1) is 17.7. The normalized spacial score (nSPS) is 14.6. The van der Waals surface area contributed by atoms with E-state index in [9.17, 15) is 13.5 Å². The van der Waals surface area contributed by atoms with Crippen LogP contribution in [0.2, 0.25) is 0 Å². The molecule has 0 aliphatic carbocycles. The number of aliphatic hydroxyl groups is 1. The monoisotopic (exact) mass is 317 g/mol. The van der Waals surface area contributed by atoms with E-state index >= 15 is 0 Å². The highest BCUT2D eigenvalue weighted by atomic mass is 32.2. The molecule has 1 aromatic carbocycles. The Bertz CT molecular complexity index is 594. The molecule has 0 fully saturated rings. The van der Waals surface area contributed by atoms with E-state index in [-0.39, 0.29) is 11.5 Å². The largest absolute Gasteiger partial charge is 0.493 e. The Kier molecular flexibility index (Phi) is 5.61. The van der Waals surface area contributed by atoms with Gasteiger partial charge in [-0.15, -0.1) is 0 Å². The molecule has 0 aliphatic rings. The average molecular weight is 317 g/mol. The van der Waals surface area contributed by atoms with Crippen molar-refractivity contribution in [2.45, 2.75) is 37.6 Å². The maximum Gasteiger partial charge on any atom is 0.241 e. The highest BCUT2D eigenvalue weighted by Gasteiger charge is 2.30. The number of hydrogen-bond donors (Lipinski definition) is 2. The topological polar surface area (TPSA) is 84.9 Å². The van der Waals surface area contributed by atoms with E-state index in [0.717, 1.165) is 0 Å². The van der Waals surface area contributed by atoms with Crippen molar-refractivity contribution in [2.75, 3.05) is 20.8 Å². The molecule has 0 saturated heterocycles. The molecule has 1 atom stereocenters. The number of aliphatic hydroxyl groups excluding tert-OH is 1. The highest BCUT2D eigenvalue weighted by molar-refractivity contribution is 7.89. The van der Waals surface area contributed by atoms with Crippen LogP contribution in [0, 0.1) is 6.92 Å². The molecule has 1 aromatic rings. The number of hydrogen-bond acceptors (Lipinski definition) is 5. The predicted octanol–water partition coefficient (Wildman–Crippen LogP) is 1.45. The predicted molar refractivity (Wildman–Crippen MR) is 80.4 cm³/mol. The summed E-state index contributed by atoms with van der Waals surface area (Å²) < 4.78 is 37.9. The van der Waals surface area contributed by atoms with E-state index < -0.39 is 15.6 Å². The molecule has 0 spiro atoms. The zero-order valence-corrected chi connectivity index (χ0v) is 13.9. The lowest BCUT2D eigenvalue weighted by molar-refractivity contribution is 0.191. The standard InChI is InChI=1S/C14H23NO5S/c1-6-14(3,9-16)15-21(17,18)13-8-12(20-5)11(19-4)7-10(13)2/h7-8,15-16H,6,9H2,1-5H3. The summed E-state index contributed by atoms with van der Waals surface area (Å²) in [5.41, 5.74) is -0.366. The molecule has 1 unspecified atom stereocenters. The number of sulfonamides is 1. The summed E-state index contributed by atoms with van der Waals surface area (Å²) in [7, 11) is -0.841. The first-order chi connectivity index (χ1) is 9.72. The average Bonchev–Trinajstić information content (AvgIpc) is 2.45. The third-order valence-electron chi connectivity index (χ3n) is 3.48. The summed E-state index contributed by atoms with van der Waals surface area (Å²) in [5, 5.41) is 9.38. The molecule has 0 heterocycles. The second-order valence-electron chi connectivity index (χ2n) is 5.15. The van der Waals surface area contributed by atoms with Gasteiger partial charge in [-0.25, -0.2) is 13.1 Å². The molecule has 2 N–H and O–H groups in total. The fraction of sp³-hybridized carbons (Fsp3) is 0.571. The maximum atomic E-state index is 12.5. The fourth-order valence-corrected chi connectivity index (χ4v) is 3.56. The molecule has 0 aliphatic heterocycles. The van der Waals surface area contributed by atoms with Gasteiger partial charge in [0.25, 0.3) is 0 Å². The van der Waals surface area contributed by atoms with Crippen molar-refractivity contribution in [3.05, 3.63) is 17.7 Å². The molecular weight excluding hydrogens is 294 g/mol. The van der Waals surface area contributed by atoms with E-state index in [1.165, 1.54) is 20.3 Å². The van der Waals surface area contributed by atoms with E-state index in [4.69, 9.17) is 9.47 Å². The molecule has 0 saturated carbocycles. The van der Waals surface area contributed by atoms with Crippen molar-refractivity contribution in [3.63, 3.8) is 0 Å². The van der Waals surface area contributed by atoms with Crippen LogP contribution >= 0.6 is 0 Å². The van der Waals surface area contributed by atoms with Gasteiger partial charge in [0.1, 0.15) is 0 Å². The number of methoxy groups -OCH3 is 2. The molecule has 21 heavy (non-hydrogen) atoms. The van der Waals surface area contributed by atoms with Crippen molar-refractivity contribution < 1.29 is 23.0 Å². The first-order valence-electron chi connectivity index (χ1n) is 6.60. The molecule has 1 rings (SSSR count). The first-order valence-corrected chi connectivity index (χ1v) is 8.08. The lowest BCUT2D eigenvalue weighted by Gasteiger charge is -2.27. The number of ether oxygens (including phenoxy) is 2. The van der Waals surface area contributed by atoms with Gasteiger partial charge in [-0.1, -0.05) is 6.92 Å². The molecule has 0 amide bonds. The number of rotatable bonds is 7. The van der Waals surface area contributed by atoms with Gasteiger partial charge in [-0.2, -0.15) is 0 Å². The summed E-state index contributed by atoms with van der Waals surface area (Å²) in [6.07, 6.45) is 0.467. The van der Waals surface area contributed by atoms with Gasteiger partial charge in [-0.05, 0) is 31.9 Å². The maximum absolute atomic E-state index is 12.5. The summed E-state index contributed by atoms with van der Waals surface area (Å²) >= 11 is 0.